The monoisotopic (exact) mass is 342 g/mol. The second-order valence-electron chi connectivity index (χ2n) is 6.79. The Balaban J connectivity index is 2.16. The minimum absolute atomic E-state index is 0.0579. The van der Waals surface area contributed by atoms with Crippen LogP contribution in [0, 0.1) is 12.8 Å². The highest BCUT2D eigenvalue weighted by Gasteiger charge is 2.51. The quantitative estimate of drug-likeness (QED) is 0.583. The van der Waals surface area contributed by atoms with Crippen LogP contribution in [0.15, 0.2) is 41.7 Å². The van der Waals surface area contributed by atoms with E-state index in [-0.39, 0.29) is 18.6 Å². The SMILES string of the molecule is C=CCOC(=O)[C@@H]1[C@H](c2ccc(C)cc2)c2c([nH][nH]c2=O)C[C@]1(C)O. The van der Waals surface area contributed by atoms with Crippen molar-refractivity contribution in [2.75, 3.05) is 6.61 Å². The molecule has 0 amide bonds. The van der Waals surface area contributed by atoms with Gasteiger partial charge in [0.2, 0.25) is 0 Å². The number of hydrogen-bond donors (Lipinski definition) is 3. The first-order valence-electron chi connectivity index (χ1n) is 8.21. The molecule has 1 aliphatic carbocycles. The van der Waals surface area contributed by atoms with E-state index in [2.05, 4.69) is 16.8 Å². The van der Waals surface area contributed by atoms with Crippen LogP contribution in [0.2, 0.25) is 0 Å². The Hall–Kier alpha value is -2.60. The molecule has 1 aromatic heterocycles. The lowest BCUT2D eigenvalue weighted by Gasteiger charge is -2.40. The fourth-order valence-electron chi connectivity index (χ4n) is 3.62. The molecule has 3 atom stereocenters. The molecule has 6 heteroatoms. The van der Waals surface area contributed by atoms with E-state index in [1.165, 1.54) is 6.08 Å². The molecule has 0 spiro atoms. The maximum Gasteiger partial charge on any atom is 0.313 e. The lowest BCUT2D eigenvalue weighted by Crippen LogP contribution is -2.50. The number of esters is 1. The number of aryl methyl sites for hydroxylation is 1. The van der Waals surface area contributed by atoms with Crippen LogP contribution in [0.5, 0.6) is 0 Å². The molecule has 0 bridgehead atoms. The standard InChI is InChI=1S/C19H22N2O4/c1-4-9-25-18(23)16-14(12-7-5-11(2)6-8-12)15-13(10-19(16,3)24)20-21-17(15)22/h4-8,14,16,24H,1,9-10H2,2-3H3,(H2,20,21,22)/t14-,16+,19+/m1/s1. The average molecular weight is 342 g/mol. The zero-order chi connectivity index (χ0) is 18.2. The molecular formula is C19H22N2O4. The molecule has 1 aromatic carbocycles. The molecule has 25 heavy (non-hydrogen) atoms. The number of carbonyl (C=O) groups excluding carboxylic acids is 1. The molecule has 1 heterocycles. The van der Waals surface area contributed by atoms with Gasteiger partial charge in [-0.2, -0.15) is 0 Å². The highest BCUT2D eigenvalue weighted by Crippen LogP contribution is 2.44. The number of ether oxygens (including phenoxy) is 1. The first-order chi connectivity index (χ1) is 11.8. The first-order valence-corrected chi connectivity index (χ1v) is 8.21. The van der Waals surface area contributed by atoms with Gasteiger partial charge < -0.3 is 14.9 Å². The van der Waals surface area contributed by atoms with Crippen molar-refractivity contribution < 1.29 is 14.6 Å². The summed E-state index contributed by atoms with van der Waals surface area (Å²) in [5.74, 6) is -2.02. The van der Waals surface area contributed by atoms with E-state index in [1.54, 1.807) is 6.92 Å². The number of rotatable bonds is 4. The number of H-pyrrole nitrogens is 2. The van der Waals surface area contributed by atoms with Crippen molar-refractivity contribution in [3.63, 3.8) is 0 Å². The van der Waals surface area contributed by atoms with Gasteiger partial charge in [0.25, 0.3) is 5.56 Å². The molecule has 0 unspecified atom stereocenters. The summed E-state index contributed by atoms with van der Waals surface area (Å²) in [4.78, 5) is 25.1. The summed E-state index contributed by atoms with van der Waals surface area (Å²) >= 11 is 0. The molecule has 0 radical (unpaired) electrons. The van der Waals surface area contributed by atoms with Gasteiger partial charge in [0.15, 0.2) is 0 Å². The first kappa shape index (κ1) is 17.2. The van der Waals surface area contributed by atoms with Crippen LogP contribution in [0.25, 0.3) is 0 Å². The average Bonchev–Trinajstić information content (AvgIpc) is 2.91. The van der Waals surface area contributed by atoms with Crippen molar-refractivity contribution in [3.8, 4) is 0 Å². The number of aromatic amines is 2. The van der Waals surface area contributed by atoms with Crippen LogP contribution < -0.4 is 5.56 Å². The molecule has 0 fully saturated rings. The van der Waals surface area contributed by atoms with Crippen molar-refractivity contribution in [3.05, 3.63) is 69.7 Å². The number of aliphatic hydroxyl groups is 1. The topological polar surface area (TPSA) is 95.2 Å². The van der Waals surface area contributed by atoms with Gasteiger partial charge in [-0.15, -0.1) is 0 Å². The largest absolute Gasteiger partial charge is 0.461 e. The summed E-state index contributed by atoms with van der Waals surface area (Å²) in [5.41, 5.74) is 1.33. The van der Waals surface area contributed by atoms with Crippen LogP contribution in [-0.4, -0.2) is 33.5 Å². The molecule has 3 N–H and O–H groups in total. The van der Waals surface area contributed by atoms with Crippen molar-refractivity contribution in [2.24, 2.45) is 5.92 Å². The van der Waals surface area contributed by atoms with Gasteiger partial charge in [0, 0.05) is 23.6 Å². The van der Waals surface area contributed by atoms with E-state index in [0.717, 1.165) is 11.1 Å². The van der Waals surface area contributed by atoms with Crippen molar-refractivity contribution >= 4 is 5.97 Å². The predicted molar refractivity (Wildman–Crippen MR) is 93.4 cm³/mol. The number of carbonyl (C=O) groups is 1. The Morgan fingerprint density at radius 2 is 2.08 bits per heavy atom. The highest BCUT2D eigenvalue weighted by molar-refractivity contribution is 5.77. The third-order valence-corrected chi connectivity index (χ3v) is 4.78. The second-order valence-corrected chi connectivity index (χ2v) is 6.79. The smallest absolute Gasteiger partial charge is 0.313 e. The normalized spacial score (nSPS) is 25.2. The molecule has 0 saturated carbocycles. The van der Waals surface area contributed by atoms with E-state index in [4.69, 9.17) is 4.74 Å². The number of aromatic nitrogens is 2. The maximum atomic E-state index is 12.7. The molecule has 1 aliphatic rings. The van der Waals surface area contributed by atoms with Crippen molar-refractivity contribution in [2.45, 2.75) is 31.8 Å². The Labute approximate surface area is 145 Å². The zero-order valence-electron chi connectivity index (χ0n) is 14.3. The van der Waals surface area contributed by atoms with E-state index >= 15 is 0 Å². The number of hydrogen-bond acceptors (Lipinski definition) is 4. The van der Waals surface area contributed by atoms with Gasteiger partial charge in [-0.05, 0) is 19.4 Å². The second kappa shape index (κ2) is 6.37. The lowest BCUT2D eigenvalue weighted by atomic mass is 9.66. The summed E-state index contributed by atoms with van der Waals surface area (Å²) in [7, 11) is 0. The third-order valence-electron chi connectivity index (χ3n) is 4.78. The zero-order valence-corrected chi connectivity index (χ0v) is 14.3. The van der Waals surface area contributed by atoms with Gasteiger partial charge in [0.1, 0.15) is 6.61 Å². The molecule has 132 valence electrons. The minimum Gasteiger partial charge on any atom is -0.461 e. The third kappa shape index (κ3) is 3.05. The van der Waals surface area contributed by atoms with Crippen molar-refractivity contribution in [1.82, 2.24) is 10.2 Å². The molecule has 0 aliphatic heterocycles. The van der Waals surface area contributed by atoms with Crippen LogP contribution in [-0.2, 0) is 16.0 Å². The van der Waals surface area contributed by atoms with Crippen LogP contribution in [0.4, 0.5) is 0 Å². The van der Waals surface area contributed by atoms with Crippen molar-refractivity contribution in [1.29, 1.82) is 0 Å². The number of fused-ring (bicyclic) bond motifs is 1. The van der Waals surface area contributed by atoms with E-state index in [0.29, 0.717) is 11.3 Å². The van der Waals surface area contributed by atoms with E-state index in [1.807, 2.05) is 31.2 Å². The Bertz CT molecular complexity index is 845. The molecule has 2 aromatic rings. The number of nitrogens with one attached hydrogen (secondary N) is 2. The summed E-state index contributed by atoms with van der Waals surface area (Å²) < 4.78 is 5.23. The molecule has 6 nitrogen and oxygen atoms in total. The Morgan fingerprint density at radius 3 is 2.72 bits per heavy atom. The molecule has 3 rings (SSSR count). The fraction of sp³-hybridized carbons (Fsp3) is 0.368. The van der Waals surface area contributed by atoms with Gasteiger partial charge in [0.05, 0.1) is 11.5 Å². The highest BCUT2D eigenvalue weighted by atomic mass is 16.5. The fourth-order valence-corrected chi connectivity index (χ4v) is 3.62. The van der Waals surface area contributed by atoms with Crippen LogP contribution in [0.1, 0.15) is 35.2 Å². The summed E-state index contributed by atoms with van der Waals surface area (Å²) in [6, 6.07) is 7.60. The number of benzene rings is 1. The van der Waals surface area contributed by atoms with E-state index in [9.17, 15) is 14.7 Å². The van der Waals surface area contributed by atoms with Gasteiger partial charge in [-0.3, -0.25) is 14.7 Å². The van der Waals surface area contributed by atoms with Gasteiger partial charge >= 0.3 is 5.97 Å². The van der Waals surface area contributed by atoms with Gasteiger partial charge in [-0.1, -0.05) is 42.5 Å². The van der Waals surface area contributed by atoms with Crippen LogP contribution >= 0.6 is 0 Å². The minimum atomic E-state index is -1.36. The lowest BCUT2D eigenvalue weighted by molar-refractivity contribution is -0.158. The van der Waals surface area contributed by atoms with Gasteiger partial charge in [-0.25, -0.2) is 0 Å². The molecule has 0 saturated heterocycles. The van der Waals surface area contributed by atoms with E-state index < -0.39 is 23.4 Å². The Morgan fingerprint density at radius 1 is 1.40 bits per heavy atom. The molecular weight excluding hydrogens is 320 g/mol. The summed E-state index contributed by atoms with van der Waals surface area (Å²) in [6.07, 6.45) is 1.64. The summed E-state index contributed by atoms with van der Waals surface area (Å²) in [5, 5.41) is 16.4. The maximum absolute atomic E-state index is 12.7. The van der Waals surface area contributed by atoms with Crippen LogP contribution in [0.3, 0.4) is 0 Å². The predicted octanol–water partition coefficient (Wildman–Crippen LogP) is 1.80. The summed E-state index contributed by atoms with van der Waals surface area (Å²) in [6.45, 7) is 7.16. The Kier molecular flexibility index (Phi) is 4.39.